The predicted octanol–water partition coefficient (Wildman–Crippen LogP) is 3.61. The average molecular weight is 295 g/mol. The molecular formula is C19H21NO2. The Hall–Kier alpha value is -2.29. The number of rotatable bonds is 3. The summed E-state index contributed by atoms with van der Waals surface area (Å²) in [5.41, 5.74) is 3.25. The summed E-state index contributed by atoms with van der Waals surface area (Å²) in [5.74, 6) is 0.901. The third-order valence-electron chi connectivity index (χ3n) is 4.33. The lowest BCUT2D eigenvalue weighted by atomic mass is 9.95. The average Bonchev–Trinajstić information content (AvgIpc) is 2.55. The standard InChI is InChI=1S/C19H21NO2/c1-14-11-12-15-7-3-5-9-17(15)20(14)19(21)13-16-8-4-6-10-18(16)22-2/h3-10,14H,11-13H2,1-2H3. The first kappa shape index (κ1) is 14.6. The van der Waals surface area contributed by atoms with Crippen LogP contribution in [0.25, 0.3) is 0 Å². The molecule has 1 amide bonds. The van der Waals surface area contributed by atoms with Crippen molar-refractivity contribution in [2.45, 2.75) is 32.2 Å². The van der Waals surface area contributed by atoms with Crippen LogP contribution in [0, 0.1) is 0 Å². The Labute approximate surface area is 131 Å². The molecule has 0 fully saturated rings. The molecule has 3 nitrogen and oxygen atoms in total. The minimum Gasteiger partial charge on any atom is -0.496 e. The molecule has 0 N–H and O–H groups in total. The summed E-state index contributed by atoms with van der Waals surface area (Å²) in [5, 5.41) is 0. The van der Waals surface area contributed by atoms with E-state index in [9.17, 15) is 4.79 Å². The first-order chi connectivity index (χ1) is 10.7. The third kappa shape index (κ3) is 2.71. The van der Waals surface area contributed by atoms with E-state index in [1.165, 1.54) is 5.56 Å². The summed E-state index contributed by atoms with van der Waals surface area (Å²) < 4.78 is 5.36. The molecule has 1 heterocycles. The van der Waals surface area contributed by atoms with Gasteiger partial charge in [0.1, 0.15) is 5.75 Å². The molecule has 1 aliphatic rings. The van der Waals surface area contributed by atoms with Gasteiger partial charge in [0.25, 0.3) is 0 Å². The Balaban J connectivity index is 1.89. The fourth-order valence-electron chi connectivity index (χ4n) is 3.17. The van der Waals surface area contributed by atoms with Gasteiger partial charge in [0.05, 0.1) is 13.5 Å². The number of anilines is 1. The van der Waals surface area contributed by atoms with Gasteiger partial charge in [-0.05, 0) is 37.5 Å². The first-order valence-electron chi connectivity index (χ1n) is 7.72. The lowest BCUT2D eigenvalue weighted by Gasteiger charge is -2.35. The molecule has 3 rings (SSSR count). The summed E-state index contributed by atoms with van der Waals surface area (Å²) in [4.78, 5) is 14.8. The van der Waals surface area contributed by atoms with Crippen molar-refractivity contribution in [1.29, 1.82) is 0 Å². The number of ether oxygens (including phenoxy) is 1. The highest BCUT2D eigenvalue weighted by molar-refractivity contribution is 5.96. The highest BCUT2D eigenvalue weighted by atomic mass is 16.5. The van der Waals surface area contributed by atoms with Crippen LogP contribution in [-0.2, 0) is 17.6 Å². The maximum atomic E-state index is 12.9. The molecule has 0 aliphatic carbocycles. The van der Waals surface area contributed by atoms with Crippen LogP contribution in [0.1, 0.15) is 24.5 Å². The van der Waals surface area contributed by atoms with Crippen molar-refractivity contribution in [2.75, 3.05) is 12.0 Å². The fourth-order valence-corrected chi connectivity index (χ4v) is 3.17. The fraction of sp³-hybridized carbons (Fsp3) is 0.316. The van der Waals surface area contributed by atoms with Gasteiger partial charge in [-0.3, -0.25) is 4.79 Å². The highest BCUT2D eigenvalue weighted by Crippen LogP contribution is 2.31. The molecule has 22 heavy (non-hydrogen) atoms. The molecule has 0 aromatic heterocycles. The number of hydrogen-bond acceptors (Lipinski definition) is 2. The molecule has 1 unspecified atom stereocenters. The van der Waals surface area contributed by atoms with Gasteiger partial charge in [0, 0.05) is 17.3 Å². The normalized spacial score (nSPS) is 17.0. The van der Waals surface area contributed by atoms with Crippen LogP contribution in [0.3, 0.4) is 0 Å². The zero-order valence-corrected chi connectivity index (χ0v) is 13.1. The second-order valence-corrected chi connectivity index (χ2v) is 5.77. The zero-order valence-electron chi connectivity index (χ0n) is 13.1. The van der Waals surface area contributed by atoms with E-state index in [1.54, 1.807) is 7.11 Å². The van der Waals surface area contributed by atoms with Crippen LogP contribution in [0.15, 0.2) is 48.5 Å². The van der Waals surface area contributed by atoms with Gasteiger partial charge in [0.15, 0.2) is 0 Å². The Morgan fingerprint density at radius 3 is 2.73 bits per heavy atom. The molecule has 0 spiro atoms. The summed E-state index contributed by atoms with van der Waals surface area (Å²) in [7, 11) is 1.64. The Morgan fingerprint density at radius 1 is 1.18 bits per heavy atom. The van der Waals surface area contributed by atoms with Crippen LogP contribution in [0.5, 0.6) is 5.75 Å². The minimum atomic E-state index is 0.129. The lowest BCUT2D eigenvalue weighted by molar-refractivity contribution is -0.118. The van der Waals surface area contributed by atoms with Crippen LogP contribution >= 0.6 is 0 Å². The number of fused-ring (bicyclic) bond motifs is 1. The van der Waals surface area contributed by atoms with Crippen LogP contribution in [0.2, 0.25) is 0 Å². The number of para-hydroxylation sites is 2. The molecule has 0 saturated heterocycles. The van der Waals surface area contributed by atoms with E-state index in [2.05, 4.69) is 13.0 Å². The van der Waals surface area contributed by atoms with Crippen molar-refractivity contribution < 1.29 is 9.53 Å². The van der Waals surface area contributed by atoms with E-state index in [0.717, 1.165) is 29.8 Å². The van der Waals surface area contributed by atoms with E-state index in [-0.39, 0.29) is 11.9 Å². The highest BCUT2D eigenvalue weighted by Gasteiger charge is 2.28. The zero-order chi connectivity index (χ0) is 15.5. The monoisotopic (exact) mass is 295 g/mol. The van der Waals surface area contributed by atoms with Crippen molar-refractivity contribution in [1.82, 2.24) is 0 Å². The molecule has 3 heteroatoms. The molecule has 0 bridgehead atoms. The second-order valence-electron chi connectivity index (χ2n) is 5.77. The van der Waals surface area contributed by atoms with E-state index in [0.29, 0.717) is 6.42 Å². The largest absolute Gasteiger partial charge is 0.496 e. The molecular weight excluding hydrogens is 274 g/mol. The first-order valence-corrected chi connectivity index (χ1v) is 7.72. The van der Waals surface area contributed by atoms with Gasteiger partial charge in [-0.25, -0.2) is 0 Å². The number of amides is 1. The number of methoxy groups -OCH3 is 1. The molecule has 1 atom stereocenters. The van der Waals surface area contributed by atoms with Gasteiger partial charge in [-0.15, -0.1) is 0 Å². The second kappa shape index (κ2) is 6.22. The van der Waals surface area contributed by atoms with Crippen LogP contribution < -0.4 is 9.64 Å². The van der Waals surface area contributed by atoms with Gasteiger partial charge < -0.3 is 9.64 Å². The number of carbonyl (C=O) groups is 1. The van der Waals surface area contributed by atoms with Gasteiger partial charge in [0.2, 0.25) is 5.91 Å². The van der Waals surface area contributed by atoms with Gasteiger partial charge in [-0.1, -0.05) is 36.4 Å². The van der Waals surface area contributed by atoms with E-state index < -0.39 is 0 Å². The maximum absolute atomic E-state index is 12.9. The topological polar surface area (TPSA) is 29.5 Å². The van der Waals surface area contributed by atoms with Crippen molar-refractivity contribution in [3.8, 4) is 5.75 Å². The smallest absolute Gasteiger partial charge is 0.231 e. The number of nitrogens with zero attached hydrogens (tertiary/aromatic N) is 1. The summed E-state index contributed by atoms with van der Waals surface area (Å²) in [6.07, 6.45) is 2.41. The van der Waals surface area contributed by atoms with Crippen molar-refractivity contribution in [2.24, 2.45) is 0 Å². The van der Waals surface area contributed by atoms with Crippen molar-refractivity contribution in [3.63, 3.8) is 0 Å². The Morgan fingerprint density at radius 2 is 1.91 bits per heavy atom. The summed E-state index contributed by atoms with van der Waals surface area (Å²) in [6.45, 7) is 2.12. The van der Waals surface area contributed by atoms with Gasteiger partial charge >= 0.3 is 0 Å². The third-order valence-corrected chi connectivity index (χ3v) is 4.33. The van der Waals surface area contributed by atoms with Crippen molar-refractivity contribution >= 4 is 11.6 Å². The number of carbonyl (C=O) groups excluding carboxylic acids is 1. The molecule has 2 aromatic rings. The van der Waals surface area contributed by atoms with E-state index in [4.69, 9.17) is 4.74 Å². The van der Waals surface area contributed by atoms with E-state index >= 15 is 0 Å². The summed E-state index contributed by atoms with van der Waals surface area (Å²) in [6, 6.07) is 16.2. The Kier molecular flexibility index (Phi) is 4.14. The Bertz CT molecular complexity index is 681. The predicted molar refractivity (Wildman–Crippen MR) is 88.4 cm³/mol. The SMILES string of the molecule is COc1ccccc1CC(=O)N1c2ccccc2CCC1C. The number of hydrogen-bond donors (Lipinski definition) is 0. The molecule has 114 valence electrons. The van der Waals surface area contributed by atoms with Gasteiger partial charge in [-0.2, -0.15) is 0 Å². The van der Waals surface area contributed by atoms with Crippen LogP contribution in [0.4, 0.5) is 5.69 Å². The lowest BCUT2D eigenvalue weighted by Crippen LogP contribution is -2.43. The molecule has 0 radical (unpaired) electrons. The summed E-state index contributed by atoms with van der Waals surface area (Å²) >= 11 is 0. The maximum Gasteiger partial charge on any atom is 0.231 e. The van der Waals surface area contributed by atoms with Crippen molar-refractivity contribution in [3.05, 3.63) is 59.7 Å². The molecule has 2 aromatic carbocycles. The number of aryl methyl sites for hydroxylation is 1. The molecule has 1 aliphatic heterocycles. The quantitative estimate of drug-likeness (QED) is 0.866. The number of benzene rings is 2. The minimum absolute atomic E-state index is 0.129. The van der Waals surface area contributed by atoms with Crippen LogP contribution in [-0.4, -0.2) is 19.1 Å². The molecule has 0 saturated carbocycles. The van der Waals surface area contributed by atoms with E-state index in [1.807, 2.05) is 47.4 Å².